The van der Waals surface area contributed by atoms with Gasteiger partial charge in [-0.1, -0.05) is 12.1 Å². The van der Waals surface area contributed by atoms with Crippen molar-refractivity contribution in [3.63, 3.8) is 0 Å². The predicted octanol–water partition coefficient (Wildman–Crippen LogP) is 0.695. The lowest BCUT2D eigenvalue weighted by atomic mass is 9.93. The van der Waals surface area contributed by atoms with E-state index in [1.54, 1.807) is 6.92 Å². The fourth-order valence-electron chi connectivity index (χ4n) is 1.80. The van der Waals surface area contributed by atoms with Crippen LogP contribution in [0, 0.1) is 5.41 Å². The average Bonchev–Trinajstić information content (AvgIpc) is 3.06. The highest BCUT2D eigenvalue weighted by Gasteiger charge is 2.28. The number of rotatable bonds is 6. The van der Waals surface area contributed by atoms with Crippen molar-refractivity contribution in [1.29, 1.82) is 0 Å². The first-order valence-electron chi connectivity index (χ1n) is 6.47. The SMILES string of the molecule is CC(CO)(CO)Cn1cc(-c2ccn(CC(F)(F)F)n2)nn1. The van der Waals surface area contributed by atoms with Gasteiger partial charge in [0.1, 0.15) is 17.9 Å². The lowest BCUT2D eigenvalue weighted by Crippen LogP contribution is -2.31. The normalized spacial score (nSPS) is 12.8. The van der Waals surface area contributed by atoms with Crippen LogP contribution in [0.15, 0.2) is 18.5 Å². The van der Waals surface area contributed by atoms with Crippen molar-refractivity contribution in [1.82, 2.24) is 24.8 Å². The highest BCUT2D eigenvalue weighted by molar-refractivity contribution is 5.51. The van der Waals surface area contributed by atoms with Crippen LogP contribution in [0.3, 0.4) is 0 Å². The number of alkyl halides is 3. The molecule has 0 amide bonds. The van der Waals surface area contributed by atoms with Crippen LogP contribution in [0.4, 0.5) is 13.2 Å². The van der Waals surface area contributed by atoms with Gasteiger partial charge in [-0.2, -0.15) is 18.3 Å². The summed E-state index contributed by atoms with van der Waals surface area (Å²) in [7, 11) is 0. The predicted molar refractivity (Wildman–Crippen MR) is 69.6 cm³/mol. The molecule has 22 heavy (non-hydrogen) atoms. The smallest absolute Gasteiger partial charge is 0.396 e. The zero-order valence-electron chi connectivity index (χ0n) is 11.8. The maximum atomic E-state index is 12.3. The van der Waals surface area contributed by atoms with Gasteiger partial charge in [0.2, 0.25) is 0 Å². The Bertz CT molecular complexity index is 618. The van der Waals surface area contributed by atoms with Gasteiger partial charge >= 0.3 is 6.18 Å². The molecule has 0 fully saturated rings. The summed E-state index contributed by atoms with van der Waals surface area (Å²) in [5.41, 5.74) is -0.176. The third-order valence-corrected chi connectivity index (χ3v) is 3.09. The van der Waals surface area contributed by atoms with Crippen LogP contribution in [-0.4, -0.2) is 54.4 Å². The molecule has 2 aromatic heterocycles. The topological polar surface area (TPSA) is 89.0 Å². The fraction of sp³-hybridized carbons (Fsp3) is 0.583. The minimum atomic E-state index is -4.34. The van der Waals surface area contributed by atoms with E-state index in [0.717, 1.165) is 4.68 Å². The quantitative estimate of drug-likeness (QED) is 0.818. The molecule has 0 aliphatic carbocycles. The first kappa shape index (κ1) is 16.4. The summed E-state index contributed by atoms with van der Waals surface area (Å²) in [6, 6.07) is 1.41. The Morgan fingerprint density at radius 3 is 2.36 bits per heavy atom. The molecular weight excluding hydrogens is 303 g/mol. The van der Waals surface area contributed by atoms with Crippen LogP contribution < -0.4 is 0 Å². The second-order valence-corrected chi connectivity index (χ2v) is 5.44. The Kier molecular flexibility index (Phi) is 4.52. The van der Waals surface area contributed by atoms with Gasteiger partial charge in [0.25, 0.3) is 0 Å². The number of aliphatic hydroxyl groups is 2. The minimum Gasteiger partial charge on any atom is -0.396 e. The lowest BCUT2D eigenvalue weighted by Gasteiger charge is -2.23. The molecule has 0 saturated heterocycles. The minimum absolute atomic E-state index is 0.219. The molecule has 0 spiro atoms. The van der Waals surface area contributed by atoms with E-state index in [0.29, 0.717) is 5.69 Å². The third-order valence-electron chi connectivity index (χ3n) is 3.09. The molecule has 7 nitrogen and oxygen atoms in total. The van der Waals surface area contributed by atoms with Crippen LogP contribution in [0.5, 0.6) is 0 Å². The van der Waals surface area contributed by atoms with Gasteiger partial charge in [0, 0.05) is 11.6 Å². The summed E-state index contributed by atoms with van der Waals surface area (Å²) in [6.07, 6.45) is -1.62. The molecule has 122 valence electrons. The van der Waals surface area contributed by atoms with Crippen molar-refractivity contribution in [3.05, 3.63) is 18.5 Å². The van der Waals surface area contributed by atoms with E-state index in [1.165, 1.54) is 23.1 Å². The second kappa shape index (κ2) is 6.05. The lowest BCUT2D eigenvalue weighted by molar-refractivity contribution is -0.142. The van der Waals surface area contributed by atoms with Crippen molar-refractivity contribution in [2.75, 3.05) is 13.2 Å². The highest BCUT2D eigenvalue weighted by Crippen LogP contribution is 2.21. The molecule has 2 heterocycles. The van der Waals surface area contributed by atoms with E-state index in [2.05, 4.69) is 15.4 Å². The van der Waals surface area contributed by atoms with E-state index in [-0.39, 0.29) is 25.5 Å². The molecule has 0 aliphatic heterocycles. The van der Waals surface area contributed by atoms with Crippen LogP contribution in [0.1, 0.15) is 6.92 Å². The fourth-order valence-corrected chi connectivity index (χ4v) is 1.80. The Morgan fingerprint density at radius 1 is 1.09 bits per heavy atom. The van der Waals surface area contributed by atoms with Crippen LogP contribution in [0.25, 0.3) is 11.4 Å². The summed E-state index contributed by atoms with van der Waals surface area (Å²) in [6.45, 7) is 0.245. The Morgan fingerprint density at radius 2 is 1.77 bits per heavy atom. The molecule has 0 aromatic carbocycles. The summed E-state index contributed by atoms with van der Waals surface area (Å²) >= 11 is 0. The summed E-state index contributed by atoms with van der Waals surface area (Å²) in [5.74, 6) is 0. The molecule has 0 bridgehead atoms. The second-order valence-electron chi connectivity index (χ2n) is 5.44. The number of nitrogens with zero attached hydrogens (tertiary/aromatic N) is 5. The number of aromatic nitrogens is 5. The zero-order chi connectivity index (χ0) is 16.4. The van der Waals surface area contributed by atoms with Crippen molar-refractivity contribution in [2.45, 2.75) is 26.2 Å². The first-order valence-corrected chi connectivity index (χ1v) is 6.47. The van der Waals surface area contributed by atoms with Gasteiger partial charge in [0.05, 0.1) is 26.0 Å². The van der Waals surface area contributed by atoms with E-state index in [1.807, 2.05) is 0 Å². The maximum absolute atomic E-state index is 12.3. The third kappa shape index (κ3) is 4.04. The van der Waals surface area contributed by atoms with E-state index < -0.39 is 18.1 Å². The van der Waals surface area contributed by atoms with Crippen molar-refractivity contribution in [3.8, 4) is 11.4 Å². The van der Waals surface area contributed by atoms with Gasteiger partial charge in [-0.05, 0) is 6.07 Å². The highest BCUT2D eigenvalue weighted by atomic mass is 19.4. The van der Waals surface area contributed by atoms with Crippen molar-refractivity contribution < 1.29 is 23.4 Å². The van der Waals surface area contributed by atoms with Crippen LogP contribution >= 0.6 is 0 Å². The maximum Gasteiger partial charge on any atom is 0.408 e. The van der Waals surface area contributed by atoms with Crippen LogP contribution in [0.2, 0.25) is 0 Å². The van der Waals surface area contributed by atoms with Gasteiger partial charge in [-0.25, -0.2) is 0 Å². The van der Waals surface area contributed by atoms with Gasteiger partial charge < -0.3 is 10.2 Å². The van der Waals surface area contributed by atoms with Crippen molar-refractivity contribution in [2.24, 2.45) is 5.41 Å². The van der Waals surface area contributed by atoms with Gasteiger partial charge in [-0.3, -0.25) is 9.36 Å². The molecule has 10 heteroatoms. The first-order chi connectivity index (χ1) is 10.2. The Hall–Kier alpha value is -1.94. The molecule has 0 unspecified atom stereocenters. The average molecular weight is 319 g/mol. The van der Waals surface area contributed by atoms with Crippen LogP contribution in [-0.2, 0) is 13.1 Å². The molecular formula is C12H16F3N5O2. The molecule has 0 saturated carbocycles. The van der Waals surface area contributed by atoms with E-state index in [4.69, 9.17) is 0 Å². The monoisotopic (exact) mass is 319 g/mol. The van der Waals surface area contributed by atoms with Crippen molar-refractivity contribution >= 4 is 0 Å². The van der Waals surface area contributed by atoms with E-state index >= 15 is 0 Å². The summed E-state index contributed by atoms with van der Waals surface area (Å²) in [4.78, 5) is 0. The Balaban J connectivity index is 2.12. The number of hydrogen-bond acceptors (Lipinski definition) is 5. The molecule has 0 aliphatic rings. The summed E-state index contributed by atoms with van der Waals surface area (Å²) in [5, 5.41) is 29.9. The largest absolute Gasteiger partial charge is 0.408 e. The molecule has 0 radical (unpaired) electrons. The molecule has 2 rings (SSSR count). The molecule has 0 atom stereocenters. The standard InChI is InChI=1S/C12H16F3N5O2/c1-11(7-21,8-22)5-20-4-10(16-18-20)9-2-3-19(17-9)6-12(13,14)15/h2-4,21-22H,5-8H2,1H3. The van der Waals surface area contributed by atoms with Gasteiger partial charge in [0.15, 0.2) is 0 Å². The number of halogens is 3. The molecule has 2 aromatic rings. The van der Waals surface area contributed by atoms with E-state index in [9.17, 15) is 23.4 Å². The summed E-state index contributed by atoms with van der Waals surface area (Å²) < 4.78 is 39.0. The zero-order valence-corrected chi connectivity index (χ0v) is 11.8. The number of aliphatic hydroxyl groups excluding tert-OH is 2. The van der Waals surface area contributed by atoms with Gasteiger partial charge in [-0.15, -0.1) is 5.10 Å². The number of hydrogen-bond donors (Lipinski definition) is 2. The molecule has 2 N–H and O–H groups in total. The Labute approximate surface area is 124 Å².